The molecule has 0 radical (unpaired) electrons. The highest BCUT2D eigenvalue weighted by atomic mass is 35.5. The van der Waals surface area contributed by atoms with Crippen LogP contribution in [0.2, 0.25) is 5.02 Å². The minimum Gasteiger partial charge on any atom is -0.302 e. The number of amides is 1. The number of hydrogen-bond acceptors (Lipinski definition) is 3. The van der Waals surface area contributed by atoms with E-state index in [1.807, 2.05) is 45.0 Å². The van der Waals surface area contributed by atoms with Gasteiger partial charge in [0.15, 0.2) is 5.13 Å². The number of anilines is 1. The van der Waals surface area contributed by atoms with Crippen molar-refractivity contribution in [2.45, 2.75) is 27.2 Å². The molecular formula is C15H17ClN2OS. The number of nitrogens with zero attached hydrogens (tertiary/aromatic N) is 1. The number of thiazole rings is 1. The Bertz CT molecular complexity index is 605. The first-order valence-electron chi connectivity index (χ1n) is 6.49. The maximum Gasteiger partial charge on any atom is 0.226 e. The van der Waals surface area contributed by atoms with Crippen LogP contribution in [0.5, 0.6) is 0 Å². The lowest BCUT2D eigenvalue weighted by atomic mass is 10.1. The third kappa shape index (κ3) is 3.81. The molecule has 0 unspecified atom stereocenters. The molecule has 0 atom stereocenters. The van der Waals surface area contributed by atoms with Gasteiger partial charge < -0.3 is 5.32 Å². The van der Waals surface area contributed by atoms with Gasteiger partial charge in [-0.25, -0.2) is 4.98 Å². The molecule has 0 saturated carbocycles. The van der Waals surface area contributed by atoms with Crippen molar-refractivity contribution >= 4 is 34.0 Å². The number of aryl methyl sites for hydroxylation is 1. The maximum absolute atomic E-state index is 11.8. The number of aromatic nitrogens is 1. The van der Waals surface area contributed by atoms with Crippen molar-refractivity contribution in [3.63, 3.8) is 0 Å². The van der Waals surface area contributed by atoms with Gasteiger partial charge in [0.2, 0.25) is 5.91 Å². The minimum atomic E-state index is 0.0106. The van der Waals surface area contributed by atoms with Gasteiger partial charge >= 0.3 is 0 Å². The Morgan fingerprint density at radius 2 is 2.00 bits per heavy atom. The molecule has 0 spiro atoms. The van der Waals surface area contributed by atoms with Crippen LogP contribution in [0.15, 0.2) is 24.3 Å². The fraction of sp³-hybridized carbons (Fsp3) is 0.333. The van der Waals surface area contributed by atoms with Crippen molar-refractivity contribution in [1.82, 2.24) is 4.98 Å². The Morgan fingerprint density at radius 3 is 2.60 bits per heavy atom. The summed E-state index contributed by atoms with van der Waals surface area (Å²) in [6.45, 7) is 6.04. The van der Waals surface area contributed by atoms with Crippen LogP contribution in [0.1, 0.15) is 25.1 Å². The van der Waals surface area contributed by atoms with Crippen LogP contribution in [0.4, 0.5) is 5.13 Å². The van der Waals surface area contributed by atoms with Crippen molar-refractivity contribution in [2.24, 2.45) is 5.92 Å². The van der Waals surface area contributed by atoms with Crippen LogP contribution in [-0.4, -0.2) is 10.9 Å². The highest BCUT2D eigenvalue weighted by Crippen LogP contribution is 2.31. The Kier molecular flexibility index (Phi) is 4.78. The van der Waals surface area contributed by atoms with Crippen LogP contribution < -0.4 is 5.32 Å². The predicted molar refractivity (Wildman–Crippen MR) is 85.4 cm³/mol. The molecule has 0 aliphatic carbocycles. The van der Waals surface area contributed by atoms with Crippen LogP contribution in [0.25, 0.3) is 11.3 Å². The summed E-state index contributed by atoms with van der Waals surface area (Å²) in [6.07, 6.45) is 0.509. The molecule has 1 amide bonds. The lowest BCUT2D eigenvalue weighted by molar-refractivity contribution is -0.116. The van der Waals surface area contributed by atoms with Crippen LogP contribution >= 0.6 is 22.9 Å². The van der Waals surface area contributed by atoms with E-state index in [1.54, 1.807) is 0 Å². The Morgan fingerprint density at radius 1 is 1.35 bits per heavy atom. The Hall–Kier alpha value is -1.39. The summed E-state index contributed by atoms with van der Waals surface area (Å²) < 4.78 is 0. The van der Waals surface area contributed by atoms with E-state index in [4.69, 9.17) is 11.6 Å². The van der Waals surface area contributed by atoms with E-state index >= 15 is 0 Å². The van der Waals surface area contributed by atoms with E-state index in [-0.39, 0.29) is 5.91 Å². The summed E-state index contributed by atoms with van der Waals surface area (Å²) in [5.41, 5.74) is 1.90. The Balaban J connectivity index is 2.17. The van der Waals surface area contributed by atoms with E-state index < -0.39 is 0 Å². The number of hydrogen-bond donors (Lipinski definition) is 1. The van der Waals surface area contributed by atoms with Crippen molar-refractivity contribution in [1.29, 1.82) is 0 Å². The highest BCUT2D eigenvalue weighted by molar-refractivity contribution is 7.16. The van der Waals surface area contributed by atoms with E-state index in [0.717, 1.165) is 16.1 Å². The second-order valence-corrected chi connectivity index (χ2v) is 6.72. The van der Waals surface area contributed by atoms with Gasteiger partial charge in [-0.05, 0) is 25.0 Å². The summed E-state index contributed by atoms with van der Waals surface area (Å²) >= 11 is 7.38. The average molecular weight is 309 g/mol. The molecule has 0 bridgehead atoms. The fourth-order valence-electron chi connectivity index (χ4n) is 1.87. The Labute approximate surface area is 128 Å². The van der Waals surface area contributed by atoms with Gasteiger partial charge in [0.1, 0.15) is 0 Å². The zero-order valence-corrected chi connectivity index (χ0v) is 13.3. The monoisotopic (exact) mass is 308 g/mol. The first-order valence-corrected chi connectivity index (χ1v) is 7.68. The second kappa shape index (κ2) is 6.37. The molecule has 0 aliphatic rings. The van der Waals surface area contributed by atoms with Crippen LogP contribution in [0, 0.1) is 12.8 Å². The summed E-state index contributed by atoms with van der Waals surface area (Å²) in [6, 6.07) is 7.55. The van der Waals surface area contributed by atoms with Gasteiger partial charge in [0.25, 0.3) is 0 Å². The molecule has 1 aromatic heterocycles. The fourth-order valence-corrected chi connectivity index (χ4v) is 2.84. The third-order valence-electron chi connectivity index (χ3n) is 2.75. The molecular weight excluding hydrogens is 292 g/mol. The number of rotatable bonds is 4. The van der Waals surface area contributed by atoms with Crippen LogP contribution in [-0.2, 0) is 4.79 Å². The molecule has 2 aromatic rings. The number of carbonyl (C=O) groups excluding carboxylic acids is 1. The predicted octanol–water partition coefficient (Wildman–Crippen LogP) is 4.76. The highest BCUT2D eigenvalue weighted by Gasteiger charge is 2.12. The molecule has 0 saturated heterocycles. The normalized spacial score (nSPS) is 10.8. The summed E-state index contributed by atoms with van der Waals surface area (Å²) in [7, 11) is 0. The molecule has 106 valence electrons. The maximum atomic E-state index is 11.8. The summed E-state index contributed by atoms with van der Waals surface area (Å²) in [5, 5.41) is 4.21. The quantitative estimate of drug-likeness (QED) is 0.885. The molecule has 0 aliphatic heterocycles. The van der Waals surface area contributed by atoms with Gasteiger partial charge in [-0.1, -0.05) is 37.6 Å². The molecule has 2 rings (SSSR count). The first kappa shape index (κ1) is 15.0. The van der Waals surface area contributed by atoms with Crippen molar-refractivity contribution in [2.75, 3.05) is 5.32 Å². The minimum absolute atomic E-state index is 0.0106. The third-order valence-corrected chi connectivity index (χ3v) is 3.89. The standard InChI is InChI=1S/C15H17ClN2OS/c1-9(2)8-13(19)17-15-18-14(10(3)20-15)11-4-6-12(16)7-5-11/h4-7,9H,8H2,1-3H3,(H,17,18,19). The van der Waals surface area contributed by atoms with Gasteiger partial charge in [-0.15, -0.1) is 11.3 Å². The van der Waals surface area contributed by atoms with Gasteiger partial charge in [-0.3, -0.25) is 4.79 Å². The molecule has 20 heavy (non-hydrogen) atoms. The number of carbonyl (C=O) groups is 1. The lowest BCUT2D eigenvalue weighted by Gasteiger charge is -2.03. The molecule has 0 fully saturated rings. The zero-order chi connectivity index (χ0) is 14.7. The molecule has 1 aromatic carbocycles. The first-order chi connectivity index (χ1) is 9.45. The number of halogens is 1. The van der Waals surface area contributed by atoms with Gasteiger partial charge in [0.05, 0.1) is 5.69 Å². The summed E-state index contributed by atoms with van der Waals surface area (Å²) in [5.74, 6) is 0.350. The van der Waals surface area contributed by atoms with Gasteiger partial charge in [-0.2, -0.15) is 0 Å². The van der Waals surface area contributed by atoms with Crippen molar-refractivity contribution < 1.29 is 4.79 Å². The van der Waals surface area contributed by atoms with Crippen LogP contribution in [0.3, 0.4) is 0 Å². The summed E-state index contributed by atoms with van der Waals surface area (Å²) in [4.78, 5) is 17.3. The topological polar surface area (TPSA) is 42.0 Å². The van der Waals surface area contributed by atoms with Crippen molar-refractivity contribution in [3.05, 3.63) is 34.2 Å². The number of nitrogens with one attached hydrogen (secondary N) is 1. The van der Waals surface area contributed by atoms with Gasteiger partial charge in [0, 0.05) is 21.9 Å². The van der Waals surface area contributed by atoms with E-state index in [1.165, 1.54) is 11.3 Å². The molecule has 1 N–H and O–H groups in total. The molecule has 3 nitrogen and oxygen atoms in total. The smallest absolute Gasteiger partial charge is 0.226 e. The molecule has 5 heteroatoms. The van der Waals surface area contributed by atoms with Crippen molar-refractivity contribution in [3.8, 4) is 11.3 Å². The number of benzene rings is 1. The van der Waals surface area contributed by atoms with E-state index in [2.05, 4.69) is 10.3 Å². The zero-order valence-electron chi connectivity index (χ0n) is 11.7. The van der Waals surface area contributed by atoms with E-state index in [0.29, 0.717) is 22.5 Å². The SMILES string of the molecule is Cc1sc(NC(=O)CC(C)C)nc1-c1ccc(Cl)cc1. The second-order valence-electron chi connectivity index (χ2n) is 5.08. The van der Waals surface area contributed by atoms with E-state index in [9.17, 15) is 4.79 Å². The average Bonchev–Trinajstić information content (AvgIpc) is 2.70. The largest absolute Gasteiger partial charge is 0.302 e. The molecule has 1 heterocycles. The lowest BCUT2D eigenvalue weighted by Crippen LogP contribution is -2.13.